The summed E-state index contributed by atoms with van der Waals surface area (Å²) in [7, 11) is 0. The molecule has 3 nitrogen and oxygen atoms in total. The summed E-state index contributed by atoms with van der Waals surface area (Å²) >= 11 is 12.4. The molecule has 17 heavy (non-hydrogen) atoms. The SMILES string of the molecule is N#CCCN(c1c(Cl)cc(N)cc1Cl)C1CC1. The number of nitriles is 1. The van der Waals surface area contributed by atoms with E-state index in [0.717, 1.165) is 18.5 Å². The van der Waals surface area contributed by atoms with Crippen molar-refractivity contribution in [2.24, 2.45) is 0 Å². The molecule has 2 rings (SSSR count). The number of rotatable bonds is 4. The van der Waals surface area contributed by atoms with Crippen molar-refractivity contribution in [3.8, 4) is 6.07 Å². The Kier molecular flexibility index (Phi) is 3.66. The zero-order valence-electron chi connectivity index (χ0n) is 9.29. The Morgan fingerprint density at radius 3 is 2.41 bits per heavy atom. The Morgan fingerprint density at radius 2 is 1.94 bits per heavy atom. The summed E-state index contributed by atoms with van der Waals surface area (Å²) in [4.78, 5) is 2.12. The van der Waals surface area contributed by atoms with E-state index < -0.39 is 0 Å². The van der Waals surface area contributed by atoms with E-state index in [-0.39, 0.29) is 0 Å². The van der Waals surface area contributed by atoms with E-state index in [2.05, 4.69) is 11.0 Å². The Hall–Kier alpha value is -1.11. The first-order valence-electron chi connectivity index (χ1n) is 5.51. The lowest BCUT2D eigenvalue weighted by Crippen LogP contribution is -2.27. The van der Waals surface area contributed by atoms with Gasteiger partial charge >= 0.3 is 0 Å². The minimum Gasteiger partial charge on any atom is -0.399 e. The maximum absolute atomic E-state index is 8.68. The summed E-state index contributed by atoms with van der Waals surface area (Å²) in [6.45, 7) is 0.657. The lowest BCUT2D eigenvalue weighted by molar-refractivity contribution is 0.793. The van der Waals surface area contributed by atoms with E-state index in [9.17, 15) is 0 Å². The number of nitrogens with zero attached hydrogens (tertiary/aromatic N) is 2. The molecule has 1 aliphatic rings. The third-order valence-electron chi connectivity index (χ3n) is 2.78. The zero-order valence-corrected chi connectivity index (χ0v) is 10.8. The van der Waals surface area contributed by atoms with Crippen LogP contribution in [0.2, 0.25) is 10.0 Å². The predicted octanol–water partition coefficient (Wildman–Crippen LogP) is 3.46. The summed E-state index contributed by atoms with van der Waals surface area (Å²) in [6.07, 6.45) is 2.72. The minimum absolute atomic E-state index is 0.460. The van der Waals surface area contributed by atoms with Gasteiger partial charge in [-0.3, -0.25) is 0 Å². The third kappa shape index (κ3) is 2.77. The van der Waals surface area contributed by atoms with Crippen LogP contribution in [0.25, 0.3) is 0 Å². The fraction of sp³-hybridized carbons (Fsp3) is 0.417. The van der Waals surface area contributed by atoms with E-state index in [4.69, 9.17) is 34.2 Å². The molecule has 0 spiro atoms. The highest BCUT2D eigenvalue weighted by Crippen LogP contribution is 2.41. The molecule has 0 aromatic heterocycles. The molecule has 0 amide bonds. The highest BCUT2D eigenvalue weighted by molar-refractivity contribution is 6.39. The lowest BCUT2D eigenvalue weighted by atomic mass is 10.2. The van der Waals surface area contributed by atoms with Crippen LogP contribution in [0.5, 0.6) is 0 Å². The first-order chi connectivity index (χ1) is 8.13. The first-order valence-corrected chi connectivity index (χ1v) is 6.27. The Morgan fingerprint density at radius 1 is 1.35 bits per heavy atom. The quantitative estimate of drug-likeness (QED) is 0.852. The van der Waals surface area contributed by atoms with Gasteiger partial charge in [-0.25, -0.2) is 0 Å². The van der Waals surface area contributed by atoms with Crippen molar-refractivity contribution in [1.82, 2.24) is 0 Å². The summed E-state index contributed by atoms with van der Waals surface area (Å²) in [5.74, 6) is 0. The normalized spacial score (nSPS) is 14.4. The van der Waals surface area contributed by atoms with Gasteiger partial charge in [-0.05, 0) is 25.0 Å². The van der Waals surface area contributed by atoms with Crippen LogP contribution in [0.1, 0.15) is 19.3 Å². The molecule has 1 aliphatic carbocycles. The van der Waals surface area contributed by atoms with Crippen molar-refractivity contribution in [3.05, 3.63) is 22.2 Å². The van der Waals surface area contributed by atoms with Gasteiger partial charge in [0.15, 0.2) is 0 Å². The van der Waals surface area contributed by atoms with E-state index >= 15 is 0 Å². The van der Waals surface area contributed by atoms with Gasteiger partial charge in [0.05, 0.1) is 28.2 Å². The van der Waals surface area contributed by atoms with Gasteiger partial charge in [0, 0.05) is 18.3 Å². The van der Waals surface area contributed by atoms with Crippen LogP contribution in [-0.4, -0.2) is 12.6 Å². The second-order valence-corrected chi connectivity index (χ2v) is 4.98. The Labute approximate surface area is 111 Å². The van der Waals surface area contributed by atoms with E-state index in [0.29, 0.717) is 34.7 Å². The first kappa shape index (κ1) is 12.3. The van der Waals surface area contributed by atoms with Gasteiger partial charge in [0.1, 0.15) is 0 Å². The van der Waals surface area contributed by atoms with Crippen LogP contribution in [0.3, 0.4) is 0 Å². The zero-order chi connectivity index (χ0) is 12.4. The van der Waals surface area contributed by atoms with Crippen LogP contribution >= 0.6 is 23.2 Å². The van der Waals surface area contributed by atoms with Crippen LogP contribution in [-0.2, 0) is 0 Å². The van der Waals surface area contributed by atoms with Gasteiger partial charge in [0.2, 0.25) is 0 Å². The molecule has 1 aromatic carbocycles. The molecule has 90 valence electrons. The molecule has 0 atom stereocenters. The topological polar surface area (TPSA) is 53.0 Å². The van der Waals surface area contributed by atoms with E-state index in [1.54, 1.807) is 12.1 Å². The molecule has 0 saturated heterocycles. The van der Waals surface area contributed by atoms with Gasteiger partial charge in [0.25, 0.3) is 0 Å². The van der Waals surface area contributed by atoms with Crippen molar-refractivity contribution < 1.29 is 0 Å². The molecular weight excluding hydrogens is 257 g/mol. The monoisotopic (exact) mass is 269 g/mol. The van der Waals surface area contributed by atoms with Crippen molar-refractivity contribution >= 4 is 34.6 Å². The largest absolute Gasteiger partial charge is 0.399 e. The Balaban J connectivity index is 2.32. The maximum atomic E-state index is 8.68. The average Bonchev–Trinajstić information content (AvgIpc) is 3.05. The fourth-order valence-electron chi connectivity index (χ4n) is 1.89. The van der Waals surface area contributed by atoms with Crippen molar-refractivity contribution in [1.29, 1.82) is 5.26 Å². The second kappa shape index (κ2) is 5.03. The van der Waals surface area contributed by atoms with Crippen molar-refractivity contribution in [2.75, 3.05) is 17.2 Å². The van der Waals surface area contributed by atoms with Crippen LogP contribution < -0.4 is 10.6 Å². The molecule has 1 aromatic rings. The van der Waals surface area contributed by atoms with Gasteiger partial charge in [-0.1, -0.05) is 23.2 Å². The second-order valence-electron chi connectivity index (χ2n) is 4.17. The molecule has 5 heteroatoms. The molecule has 0 unspecified atom stereocenters. The van der Waals surface area contributed by atoms with Gasteiger partial charge in [-0.2, -0.15) is 5.26 Å². The number of halogens is 2. The molecule has 0 radical (unpaired) electrons. The van der Waals surface area contributed by atoms with Crippen LogP contribution in [0, 0.1) is 11.3 Å². The molecule has 1 saturated carbocycles. The maximum Gasteiger partial charge on any atom is 0.0749 e. The number of nitrogen functional groups attached to an aromatic ring is 1. The molecular formula is C12H13Cl2N3. The molecule has 0 aliphatic heterocycles. The summed E-state index contributed by atoms with van der Waals surface area (Å²) in [5.41, 5.74) is 7.04. The smallest absolute Gasteiger partial charge is 0.0749 e. The number of hydrogen-bond donors (Lipinski definition) is 1. The lowest BCUT2D eigenvalue weighted by Gasteiger charge is -2.26. The van der Waals surface area contributed by atoms with E-state index in [1.165, 1.54) is 0 Å². The summed E-state index contributed by atoms with van der Waals surface area (Å²) < 4.78 is 0. The van der Waals surface area contributed by atoms with E-state index in [1.807, 2.05) is 0 Å². The van der Waals surface area contributed by atoms with Crippen LogP contribution in [0.4, 0.5) is 11.4 Å². The van der Waals surface area contributed by atoms with Gasteiger partial charge in [-0.15, -0.1) is 0 Å². The summed E-state index contributed by atoms with van der Waals surface area (Å²) in [6, 6.07) is 6.01. The van der Waals surface area contributed by atoms with Gasteiger partial charge < -0.3 is 10.6 Å². The molecule has 0 bridgehead atoms. The molecule has 0 heterocycles. The van der Waals surface area contributed by atoms with Crippen molar-refractivity contribution in [3.63, 3.8) is 0 Å². The number of anilines is 2. The number of nitrogens with two attached hydrogens (primary N) is 1. The Bertz CT molecular complexity index is 440. The summed E-state index contributed by atoms with van der Waals surface area (Å²) in [5, 5.41) is 9.80. The highest BCUT2D eigenvalue weighted by atomic mass is 35.5. The third-order valence-corrected chi connectivity index (χ3v) is 3.35. The number of benzene rings is 1. The standard InChI is InChI=1S/C12H13Cl2N3/c13-10-6-8(16)7-11(14)12(10)17(5-1-4-15)9-2-3-9/h6-7,9H,1-3,5,16H2. The fourth-order valence-corrected chi connectivity index (χ4v) is 2.61. The average molecular weight is 270 g/mol. The number of hydrogen-bond acceptors (Lipinski definition) is 3. The van der Waals surface area contributed by atoms with Crippen molar-refractivity contribution in [2.45, 2.75) is 25.3 Å². The minimum atomic E-state index is 0.460. The molecule has 1 fully saturated rings. The molecule has 2 N–H and O–H groups in total. The highest BCUT2D eigenvalue weighted by Gasteiger charge is 2.31. The predicted molar refractivity (Wildman–Crippen MR) is 71.5 cm³/mol. The van der Waals surface area contributed by atoms with Crippen LogP contribution in [0.15, 0.2) is 12.1 Å².